The molecule has 1 heterocycles. The molecule has 1 unspecified atom stereocenters. The number of aromatic amines is 1. The largest absolute Gasteiger partial charge is 0.315 e. The van der Waals surface area contributed by atoms with Gasteiger partial charge in [-0.25, -0.2) is 0 Å². The van der Waals surface area contributed by atoms with Crippen LogP contribution in [-0.2, 0) is 4.79 Å². The number of rotatable bonds is 5. The Morgan fingerprint density at radius 3 is 2.71 bits per heavy atom. The molecular weight excluding hydrogens is 262 g/mol. The fourth-order valence-corrected chi connectivity index (χ4v) is 2.82. The Kier molecular flexibility index (Phi) is 4.46. The van der Waals surface area contributed by atoms with Crippen LogP contribution < -0.4 is 5.32 Å². The first kappa shape index (κ1) is 15.3. The molecule has 1 radical (unpaired) electrons. The Hall–Kier alpha value is -2.10. The van der Waals surface area contributed by atoms with Crippen LogP contribution in [0.4, 0.5) is 5.69 Å². The molecule has 111 valence electrons. The standard InChI is InChI=1S/C17H22N3O/c1-12(9-17(2,3)4)13-7-5-6-8-14(13)16-15(18-11-21)10-19-20-16/h5-8,10,12H,9H2,1-4H3,(H,18,21)(H,19,20). The van der Waals surface area contributed by atoms with Gasteiger partial charge in [0.2, 0.25) is 0 Å². The maximum atomic E-state index is 10.6. The van der Waals surface area contributed by atoms with Gasteiger partial charge in [-0.3, -0.25) is 9.89 Å². The number of nitrogens with one attached hydrogen (secondary N) is 2. The highest BCUT2D eigenvalue weighted by molar-refractivity contribution is 5.83. The number of anilines is 1. The molecule has 0 saturated heterocycles. The zero-order chi connectivity index (χ0) is 15.5. The molecule has 1 aromatic heterocycles. The van der Waals surface area contributed by atoms with E-state index < -0.39 is 0 Å². The van der Waals surface area contributed by atoms with Gasteiger partial charge in [-0.15, -0.1) is 0 Å². The van der Waals surface area contributed by atoms with E-state index in [2.05, 4.69) is 55.3 Å². The topological polar surface area (TPSA) is 57.8 Å². The Morgan fingerprint density at radius 1 is 1.33 bits per heavy atom. The normalized spacial score (nSPS) is 13.0. The number of amides is 1. The van der Waals surface area contributed by atoms with E-state index in [9.17, 15) is 4.79 Å². The van der Waals surface area contributed by atoms with Gasteiger partial charge in [-0.1, -0.05) is 52.0 Å². The summed E-state index contributed by atoms with van der Waals surface area (Å²) in [4.78, 5) is 10.6. The zero-order valence-corrected chi connectivity index (χ0v) is 13.0. The summed E-state index contributed by atoms with van der Waals surface area (Å²) in [5.41, 5.74) is 4.07. The lowest BCUT2D eigenvalue weighted by Crippen LogP contribution is -2.10. The van der Waals surface area contributed by atoms with Crippen molar-refractivity contribution in [3.8, 4) is 11.3 Å². The van der Waals surface area contributed by atoms with Crippen molar-refractivity contribution < 1.29 is 4.79 Å². The van der Waals surface area contributed by atoms with E-state index in [0.717, 1.165) is 17.7 Å². The van der Waals surface area contributed by atoms with E-state index in [1.54, 1.807) is 12.6 Å². The highest BCUT2D eigenvalue weighted by Gasteiger charge is 2.20. The summed E-state index contributed by atoms with van der Waals surface area (Å²) in [5.74, 6) is 0.414. The van der Waals surface area contributed by atoms with Gasteiger partial charge in [0, 0.05) is 5.56 Å². The summed E-state index contributed by atoms with van der Waals surface area (Å²) < 4.78 is 0. The predicted octanol–water partition coefficient (Wildman–Crippen LogP) is 4.10. The van der Waals surface area contributed by atoms with E-state index in [1.165, 1.54) is 5.56 Å². The molecule has 1 aromatic carbocycles. The average Bonchev–Trinajstić information content (AvgIpc) is 2.85. The molecule has 1 amide bonds. The van der Waals surface area contributed by atoms with Gasteiger partial charge >= 0.3 is 6.41 Å². The minimum atomic E-state index is 0.262. The SMILES string of the molecule is CC(CC(C)(C)C)c1ccccc1-c1[nH]ncc1N[C]=O. The fraction of sp³-hybridized carbons (Fsp3) is 0.412. The third-order valence-electron chi connectivity index (χ3n) is 3.50. The number of H-pyrrole nitrogens is 1. The third kappa shape index (κ3) is 3.72. The maximum Gasteiger partial charge on any atom is 0.314 e. The van der Waals surface area contributed by atoms with Crippen LogP contribution in [0.5, 0.6) is 0 Å². The fourth-order valence-electron chi connectivity index (χ4n) is 2.82. The van der Waals surface area contributed by atoms with Gasteiger partial charge in [0.15, 0.2) is 0 Å². The molecule has 21 heavy (non-hydrogen) atoms. The summed E-state index contributed by atoms with van der Waals surface area (Å²) in [6.07, 6.45) is 4.39. The Balaban J connectivity index is 2.41. The van der Waals surface area contributed by atoms with Crippen molar-refractivity contribution in [2.75, 3.05) is 5.32 Å². The lowest BCUT2D eigenvalue weighted by atomic mass is 9.80. The molecule has 0 aliphatic carbocycles. The molecule has 2 aromatic rings. The number of aromatic nitrogens is 2. The number of nitrogens with zero attached hydrogens (tertiary/aromatic N) is 1. The summed E-state index contributed by atoms with van der Waals surface area (Å²) in [5, 5.41) is 9.57. The Labute approximate surface area is 126 Å². The molecule has 4 nitrogen and oxygen atoms in total. The zero-order valence-electron chi connectivity index (χ0n) is 13.0. The van der Waals surface area contributed by atoms with E-state index in [4.69, 9.17) is 0 Å². The first-order valence-electron chi connectivity index (χ1n) is 7.18. The van der Waals surface area contributed by atoms with E-state index >= 15 is 0 Å². The van der Waals surface area contributed by atoms with E-state index in [-0.39, 0.29) is 5.41 Å². The second kappa shape index (κ2) is 6.12. The van der Waals surface area contributed by atoms with Crippen LogP contribution in [0, 0.1) is 5.41 Å². The quantitative estimate of drug-likeness (QED) is 0.812. The maximum absolute atomic E-state index is 10.6. The van der Waals surface area contributed by atoms with Gasteiger partial charge < -0.3 is 5.32 Å². The van der Waals surface area contributed by atoms with Gasteiger partial charge in [-0.05, 0) is 23.3 Å². The highest BCUT2D eigenvalue weighted by atomic mass is 16.1. The van der Waals surface area contributed by atoms with Crippen molar-refractivity contribution in [3.05, 3.63) is 36.0 Å². The third-order valence-corrected chi connectivity index (χ3v) is 3.50. The van der Waals surface area contributed by atoms with Crippen LogP contribution in [0.2, 0.25) is 0 Å². The summed E-state index contributed by atoms with van der Waals surface area (Å²) in [7, 11) is 0. The molecule has 0 fully saturated rings. The second-order valence-electron chi connectivity index (χ2n) is 6.64. The molecule has 0 spiro atoms. The molecule has 4 heteroatoms. The number of hydrogen-bond acceptors (Lipinski definition) is 2. The van der Waals surface area contributed by atoms with Gasteiger partial charge in [0.1, 0.15) is 0 Å². The predicted molar refractivity (Wildman–Crippen MR) is 85.8 cm³/mol. The van der Waals surface area contributed by atoms with Crippen molar-refractivity contribution in [1.82, 2.24) is 10.2 Å². The van der Waals surface area contributed by atoms with Gasteiger partial charge in [-0.2, -0.15) is 5.10 Å². The highest BCUT2D eigenvalue weighted by Crippen LogP contribution is 2.37. The van der Waals surface area contributed by atoms with Gasteiger partial charge in [0.25, 0.3) is 0 Å². The molecule has 0 bridgehead atoms. The molecule has 0 saturated carbocycles. The second-order valence-corrected chi connectivity index (χ2v) is 6.64. The van der Waals surface area contributed by atoms with E-state index in [1.807, 2.05) is 12.1 Å². The number of carbonyl (C=O) groups excluding carboxylic acids is 1. The first-order valence-corrected chi connectivity index (χ1v) is 7.18. The molecule has 1 atom stereocenters. The summed E-state index contributed by atoms with van der Waals surface area (Å²) >= 11 is 0. The van der Waals surface area contributed by atoms with Crippen molar-refractivity contribution >= 4 is 12.1 Å². The minimum Gasteiger partial charge on any atom is -0.315 e. The van der Waals surface area contributed by atoms with Crippen molar-refractivity contribution in [1.29, 1.82) is 0 Å². The van der Waals surface area contributed by atoms with Crippen LogP contribution in [0.25, 0.3) is 11.3 Å². The van der Waals surface area contributed by atoms with Crippen molar-refractivity contribution in [3.63, 3.8) is 0 Å². The van der Waals surface area contributed by atoms with Crippen LogP contribution in [0.3, 0.4) is 0 Å². The molecular formula is C17H22N3O. The smallest absolute Gasteiger partial charge is 0.314 e. The summed E-state index contributed by atoms with van der Waals surface area (Å²) in [6, 6.07) is 8.24. The Morgan fingerprint density at radius 2 is 2.05 bits per heavy atom. The molecule has 2 N–H and O–H groups in total. The number of benzene rings is 1. The van der Waals surface area contributed by atoms with Crippen molar-refractivity contribution in [2.24, 2.45) is 5.41 Å². The van der Waals surface area contributed by atoms with Crippen LogP contribution in [0.1, 0.15) is 45.6 Å². The van der Waals surface area contributed by atoms with E-state index in [0.29, 0.717) is 11.6 Å². The van der Waals surface area contributed by atoms with Gasteiger partial charge in [0.05, 0.1) is 17.6 Å². The van der Waals surface area contributed by atoms with Crippen LogP contribution in [-0.4, -0.2) is 16.6 Å². The summed E-state index contributed by atoms with van der Waals surface area (Å²) in [6.45, 7) is 8.98. The monoisotopic (exact) mass is 284 g/mol. The van der Waals surface area contributed by atoms with Crippen LogP contribution >= 0.6 is 0 Å². The average molecular weight is 284 g/mol. The lowest BCUT2D eigenvalue weighted by molar-refractivity contribution is 0.349. The van der Waals surface area contributed by atoms with Crippen molar-refractivity contribution in [2.45, 2.75) is 40.0 Å². The molecule has 0 aliphatic rings. The molecule has 2 rings (SSSR count). The number of hydrogen-bond donors (Lipinski definition) is 2. The van der Waals surface area contributed by atoms with Crippen LogP contribution in [0.15, 0.2) is 30.5 Å². The first-order chi connectivity index (χ1) is 9.92. The minimum absolute atomic E-state index is 0.262. The Bertz CT molecular complexity index is 610. The lowest BCUT2D eigenvalue weighted by Gasteiger charge is -2.25. The molecule has 0 aliphatic heterocycles.